The number of carbonyl (C=O) groups is 2. The van der Waals surface area contributed by atoms with Crippen LogP contribution in [0.5, 0.6) is 5.75 Å². The highest BCUT2D eigenvalue weighted by molar-refractivity contribution is 9.10. The summed E-state index contributed by atoms with van der Waals surface area (Å²) in [5.41, 5.74) is 2.47. The number of hydrogen-bond donors (Lipinski definition) is 0. The number of methoxy groups -OCH3 is 1. The van der Waals surface area contributed by atoms with Gasteiger partial charge in [-0.1, -0.05) is 6.92 Å². The second-order valence-electron chi connectivity index (χ2n) is 6.31. The van der Waals surface area contributed by atoms with E-state index < -0.39 is 5.97 Å². The van der Waals surface area contributed by atoms with Gasteiger partial charge in [-0.05, 0) is 59.0 Å². The van der Waals surface area contributed by atoms with Gasteiger partial charge in [0.1, 0.15) is 11.3 Å². The molecule has 0 radical (unpaired) electrons. The Bertz CT molecular complexity index is 743. The standard InChI is InChI=1S/C19H22BrNO4/c1-4-12-6-11-7-15(20)18(24-3)8-13(11)16-9-17(22)14(10-21(12)16)19(23)25-5-2/h7-8,10,12,16H,4-6,9H2,1-3H3. The van der Waals surface area contributed by atoms with E-state index >= 15 is 0 Å². The SMILES string of the molecule is CCOC(=O)C1=CN2C(CC)Cc3cc(Br)c(OC)cc3C2CC1=O. The number of fused-ring (bicyclic) bond motifs is 3. The molecular formula is C19H22BrNO4. The maximum Gasteiger partial charge on any atom is 0.343 e. The highest BCUT2D eigenvalue weighted by atomic mass is 79.9. The van der Waals surface area contributed by atoms with Crippen LogP contribution in [0, 0.1) is 0 Å². The Hall–Kier alpha value is -1.82. The Morgan fingerprint density at radius 3 is 2.72 bits per heavy atom. The van der Waals surface area contributed by atoms with Crippen molar-refractivity contribution in [2.45, 2.75) is 45.2 Å². The molecule has 1 aromatic carbocycles. The summed E-state index contributed by atoms with van der Waals surface area (Å²) in [4.78, 5) is 26.8. The monoisotopic (exact) mass is 407 g/mol. The maximum absolute atomic E-state index is 12.6. The molecule has 3 rings (SSSR count). The predicted molar refractivity (Wildman–Crippen MR) is 97.4 cm³/mol. The minimum absolute atomic E-state index is 0.0682. The van der Waals surface area contributed by atoms with Crippen molar-refractivity contribution in [1.82, 2.24) is 4.90 Å². The zero-order valence-electron chi connectivity index (χ0n) is 14.7. The lowest BCUT2D eigenvalue weighted by atomic mass is 9.82. The van der Waals surface area contributed by atoms with E-state index in [1.165, 1.54) is 5.56 Å². The third-order valence-corrected chi connectivity index (χ3v) is 5.55. The predicted octanol–water partition coefficient (Wildman–Crippen LogP) is 3.56. The van der Waals surface area contributed by atoms with E-state index in [1.807, 2.05) is 6.07 Å². The van der Waals surface area contributed by atoms with Gasteiger partial charge in [0, 0.05) is 18.7 Å². The number of ether oxygens (including phenoxy) is 2. The molecule has 0 bridgehead atoms. The summed E-state index contributed by atoms with van der Waals surface area (Å²) in [6, 6.07) is 4.26. The number of rotatable bonds is 4. The van der Waals surface area contributed by atoms with Crippen LogP contribution in [0.1, 0.15) is 43.9 Å². The van der Waals surface area contributed by atoms with E-state index in [0.717, 1.165) is 28.6 Å². The van der Waals surface area contributed by atoms with Crippen molar-refractivity contribution in [1.29, 1.82) is 0 Å². The van der Waals surface area contributed by atoms with Gasteiger partial charge in [-0.25, -0.2) is 4.79 Å². The van der Waals surface area contributed by atoms with Gasteiger partial charge in [0.25, 0.3) is 0 Å². The number of Topliss-reactive ketones (excluding diaryl/α,β-unsaturated/α-hetero) is 1. The topological polar surface area (TPSA) is 55.8 Å². The Labute approximate surface area is 156 Å². The smallest absolute Gasteiger partial charge is 0.343 e. The van der Waals surface area contributed by atoms with Gasteiger partial charge in [-0.3, -0.25) is 4.79 Å². The minimum Gasteiger partial charge on any atom is -0.496 e. The molecule has 0 aliphatic carbocycles. The molecule has 0 saturated carbocycles. The first kappa shape index (κ1) is 18.0. The molecular weight excluding hydrogens is 386 g/mol. The van der Waals surface area contributed by atoms with E-state index in [2.05, 4.69) is 33.8 Å². The molecule has 0 aromatic heterocycles. The first-order valence-corrected chi connectivity index (χ1v) is 9.35. The van der Waals surface area contributed by atoms with Gasteiger partial charge >= 0.3 is 5.97 Å². The number of hydrogen-bond acceptors (Lipinski definition) is 5. The fourth-order valence-corrected chi connectivity index (χ4v) is 4.23. The summed E-state index contributed by atoms with van der Waals surface area (Å²) in [6.07, 6.45) is 3.78. The van der Waals surface area contributed by atoms with Gasteiger partial charge in [0.05, 0.1) is 24.2 Å². The molecule has 1 aromatic rings. The van der Waals surface area contributed by atoms with Crippen LogP contribution in [0.15, 0.2) is 28.4 Å². The van der Waals surface area contributed by atoms with Crippen molar-refractivity contribution >= 4 is 27.7 Å². The Morgan fingerprint density at radius 2 is 2.08 bits per heavy atom. The highest BCUT2D eigenvalue weighted by Gasteiger charge is 2.39. The Morgan fingerprint density at radius 1 is 1.32 bits per heavy atom. The molecule has 0 amide bonds. The highest BCUT2D eigenvalue weighted by Crippen LogP contribution is 2.43. The van der Waals surface area contributed by atoms with E-state index in [1.54, 1.807) is 20.2 Å². The van der Waals surface area contributed by atoms with E-state index in [-0.39, 0.29) is 36.5 Å². The number of benzene rings is 1. The molecule has 6 heteroatoms. The van der Waals surface area contributed by atoms with Crippen LogP contribution >= 0.6 is 15.9 Å². The van der Waals surface area contributed by atoms with Crippen LogP contribution in [0.25, 0.3) is 0 Å². The normalized spacial score (nSPS) is 22.0. The molecule has 0 N–H and O–H groups in total. The van der Waals surface area contributed by atoms with Crippen molar-refractivity contribution in [2.24, 2.45) is 0 Å². The maximum atomic E-state index is 12.6. The van der Waals surface area contributed by atoms with Gasteiger partial charge in [-0.15, -0.1) is 0 Å². The fraction of sp³-hybridized carbons (Fsp3) is 0.474. The van der Waals surface area contributed by atoms with Crippen molar-refractivity contribution in [3.05, 3.63) is 39.5 Å². The molecule has 25 heavy (non-hydrogen) atoms. The van der Waals surface area contributed by atoms with E-state index in [9.17, 15) is 9.59 Å². The molecule has 2 heterocycles. The second-order valence-corrected chi connectivity index (χ2v) is 7.16. The van der Waals surface area contributed by atoms with Crippen LogP contribution in [0.4, 0.5) is 0 Å². The summed E-state index contributed by atoms with van der Waals surface area (Å²) < 4.78 is 11.4. The fourth-order valence-electron chi connectivity index (χ4n) is 3.68. The van der Waals surface area contributed by atoms with Crippen molar-refractivity contribution in [3.8, 4) is 5.75 Å². The van der Waals surface area contributed by atoms with Crippen LogP contribution in [-0.2, 0) is 20.7 Å². The van der Waals surface area contributed by atoms with Crippen LogP contribution < -0.4 is 4.74 Å². The molecule has 2 atom stereocenters. The zero-order valence-corrected chi connectivity index (χ0v) is 16.3. The first-order chi connectivity index (χ1) is 12.0. The van der Waals surface area contributed by atoms with Crippen molar-refractivity contribution in [2.75, 3.05) is 13.7 Å². The molecule has 5 nitrogen and oxygen atoms in total. The molecule has 2 unspecified atom stereocenters. The van der Waals surface area contributed by atoms with Gasteiger partial charge in [0.15, 0.2) is 5.78 Å². The average molecular weight is 408 g/mol. The molecule has 0 fully saturated rings. The van der Waals surface area contributed by atoms with Gasteiger partial charge < -0.3 is 14.4 Å². The second kappa shape index (κ2) is 7.20. The third-order valence-electron chi connectivity index (χ3n) is 4.93. The lowest BCUT2D eigenvalue weighted by Gasteiger charge is -2.45. The van der Waals surface area contributed by atoms with E-state index in [0.29, 0.717) is 0 Å². The summed E-state index contributed by atoms with van der Waals surface area (Å²) in [6.45, 7) is 4.13. The lowest BCUT2D eigenvalue weighted by molar-refractivity contribution is -0.140. The molecule has 2 aliphatic rings. The quantitative estimate of drug-likeness (QED) is 0.564. The third kappa shape index (κ3) is 3.19. The minimum atomic E-state index is -0.528. The van der Waals surface area contributed by atoms with Crippen LogP contribution in [0.2, 0.25) is 0 Å². The number of nitrogens with zero attached hydrogens (tertiary/aromatic N) is 1. The summed E-state index contributed by atoms with van der Waals surface area (Å²) in [5.74, 6) is 0.0607. The number of carbonyl (C=O) groups excluding carboxylic acids is 2. The summed E-state index contributed by atoms with van der Waals surface area (Å²) in [7, 11) is 1.63. The van der Waals surface area contributed by atoms with Crippen molar-refractivity contribution in [3.63, 3.8) is 0 Å². The number of esters is 1. The molecule has 0 spiro atoms. The lowest BCUT2D eigenvalue weighted by Crippen LogP contribution is -2.44. The number of ketones is 1. The van der Waals surface area contributed by atoms with Gasteiger partial charge in [0.2, 0.25) is 0 Å². The molecule has 0 saturated heterocycles. The summed E-state index contributed by atoms with van der Waals surface area (Å²) in [5, 5.41) is 0. The van der Waals surface area contributed by atoms with Crippen molar-refractivity contribution < 1.29 is 19.1 Å². The van der Waals surface area contributed by atoms with E-state index in [4.69, 9.17) is 9.47 Å². The Kier molecular flexibility index (Phi) is 5.18. The largest absolute Gasteiger partial charge is 0.496 e. The Balaban J connectivity index is 2.05. The average Bonchev–Trinajstić information content (AvgIpc) is 2.60. The van der Waals surface area contributed by atoms with Gasteiger partial charge in [-0.2, -0.15) is 0 Å². The molecule has 134 valence electrons. The summed E-state index contributed by atoms with van der Waals surface area (Å²) >= 11 is 3.54. The number of halogens is 1. The first-order valence-electron chi connectivity index (χ1n) is 8.56. The van der Waals surface area contributed by atoms with Crippen LogP contribution in [0.3, 0.4) is 0 Å². The van der Waals surface area contributed by atoms with Crippen LogP contribution in [-0.4, -0.2) is 36.4 Å². The zero-order chi connectivity index (χ0) is 18.1. The molecule has 2 aliphatic heterocycles.